The summed E-state index contributed by atoms with van der Waals surface area (Å²) in [4.78, 5) is 4.49. The molecule has 1 N–H and O–H groups in total. The van der Waals surface area contributed by atoms with Crippen molar-refractivity contribution in [2.24, 2.45) is 0 Å². The van der Waals surface area contributed by atoms with E-state index in [9.17, 15) is 0 Å². The minimum absolute atomic E-state index is 0.150. The quantitative estimate of drug-likeness (QED) is 0.913. The predicted octanol–water partition coefficient (Wildman–Crippen LogP) is 2.89. The van der Waals surface area contributed by atoms with Gasteiger partial charge < -0.3 is 14.6 Å². The zero-order chi connectivity index (χ0) is 13.9. The molecule has 0 radical (unpaired) electrons. The Hall–Kier alpha value is -1.05. The maximum atomic E-state index is 5.37. The zero-order valence-corrected chi connectivity index (χ0v) is 13.3. The van der Waals surface area contributed by atoms with Crippen LogP contribution in [0.2, 0.25) is 0 Å². The molecule has 1 aliphatic rings. The van der Waals surface area contributed by atoms with Crippen LogP contribution in [0.1, 0.15) is 11.9 Å². The highest BCUT2D eigenvalue weighted by molar-refractivity contribution is 9.10. The summed E-state index contributed by atoms with van der Waals surface area (Å²) in [6.07, 6.45) is 0. The molecule has 3 rings (SSSR count). The minimum Gasteiger partial charge on any atom is -0.496 e. The Morgan fingerprint density at radius 1 is 1.50 bits per heavy atom. The van der Waals surface area contributed by atoms with Crippen molar-refractivity contribution in [3.8, 4) is 17.1 Å². The number of aromatic nitrogens is 2. The number of hydrogen-bond donors (Lipinski definition) is 1. The van der Waals surface area contributed by atoms with E-state index in [4.69, 9.17) is 9.26 Å². The number of ether oxygens (including phenoxy) is 1. The molecule has 5 nitrogen and oxygen atoms in total. The lowest BCUT2D eigenvalue weighted by molar-refractivity contribution is 0.342. The number of benzene rings is 1. The number of rotatable bonds is 3. The van der Waals surface area contributed by atoms with E-state index in [2.05, 4.69) is 31.4 Å². The Morgan fingerprint density at radius 3 is 3.10 bits per heavy atom. The minimum atomic E-state index is 0.150. The standard InChI is InChI=1S/C13H14BrN3O2S/c1-18-11-3-2-8(6-9(11)14)12-16-13(19-17-12)10-7-20-5-4-15-10/h2-3,6,10,15H,4-5,7H2,1H3. The van der Waals surface area contributed by atoms with Crippen molar-refractivity contribution in [3.63, 3.8) is 0 Å². The third-order valence-corrected chi connectivity index (χ3v) is 4.75. The molecule has 1 fully saturated rings. The Bertz CT molecular complexity index is 599. The molecule has 1 atom stereocenters. The molecular weight excluding hydrogens is 342 g/mol. The monoisotopic (exact) mass is 355 g/mol. The second kappa shape index (κ2) is 6.15. The van der Waals surface area contributed by atoms with Crippen LogP contribution in [0.25, 0.3) is 11.4 Å². The van der Waals surface area contributed by atoms with Crippen molar-refractivity contribution in [2.45, 2.75) is 6.04 Å². The molecule has 0 spiro atoms. The first-order chi connectivity index (χ1) is 9.78. The van der Waals surface area contributed by atoms with Gasteiger partial charge in [0, 0.05) is 23.6 Å². The second-order valence-corrected chi connectivity index (χ2v) is 6.39. The fourth-order valence-corrected chi connectivity index (χ4v) is 3.49. The van der Waals surface area contributed by atoms with Crippen molar-refractivity contribution in [1.82, 2.24) is 15.5 Å². The van der Waals surface area contributed by atoms with Crippen LogP contribution in [0.4, 0.5) is 0 Å². The first-order valence-corrected chi connectivity index (χ1v) is 8.21. The van der Waals surface area contributed by atoms with Gasteiger partial charge in [0.05, 0.1) is 17.6 Å². The van der Waals surface area contributed by atoms with Gasteiger partial charge in [-0.25, -0.2) is 0 Å². The van der Waals surface area contributed by atoms with Crippen LogP contribution >= 0.6 is 27.7 Å². The lowest BCUT2D eigenvalue weighted by atomic mass is 10.2. The van der Waals surface area contributed by atoms with Gasteiger partial charge in [-0.3, -0.25) is 0 Å². The summed E-state index contributed by atoms with van der Waals surface area (Å²) < 4.78 is 11.5. The van der Waals surface area contributed by atoms with Gasteiger partial charge in [-0.2, -0.15) is 16.7 Å². The van der Waals surface area contributed by atoms with E-state index in [1.54, 1.807) is 7.11 Å². The van der Waals surface area contributed by atoms with Crippen LogP contribution in [-0.2, 0) is 0 Å². The zero-order valence-electron chi connectivity index (χ0n) is 10.9. The third-order valence-electron chi connectivity index (χ3n) is 3.07. The van der Waals surface area contributed by atoms with Gasteiger partial charge in [0.1, 0.15) is 5.75 Å². The molecule has 1 aromatic carbocycles. The van der Waals surface area contributed by atoms with Gasteiger partial charge >= 0.3 is 0 Å². The average molecular weight is 356 g/mol. The molecule has 1 unspecified atom stereocenters. The maximum Gasteiger partial charge on any atom is 0.244 e. The van der Waals surface area contributed by atoms with E-state index in [-0.39, 0.29) is 6.04 Å². The maximum absolute atomic E-state index is 5.37. The SMILES string of the molecule is COc1ccc(-c2noc(C3CSCCN3)n2)cc1Br. The van der Waals surface area contributed by atoms with E-state index in [0.717, 1.165) is 33.8 Å². The van der Waals surface area contributed by atoms with E-state index in [1.807, 2.05) is 30.0 Å². The second-order valence-electron chi connectivity index (χ2n) is 4.39. The predicted molar refractivity (Wildman–Crippen MR) is 82.1 cm³/mol. The van der Waals surface area contributed by atoms with E-state index >= 15 is 0 Å². The van der Waals surface area contributed by atoms with E-state index in [1.165, 1.54) is 0 Å². The largest absolute Gasteiger partial charge is 0.496 e. The lowest BCUT2D eigenvalue weighted by Gasteiger charge is -2.19. The summed E-state index contributed by atoms with van der Waals surface area (Å²) in [5.41, 5.74) is 0.899. The van der Waals surface area contributed by atoms with Crippen LogP contribution in [0.5, 0.6) is 5.75 Å². The molecule has 0 saturated carbocycles. The van der Waals surface area contributed by atoms with Gasteiger partial charge in [-0.15, -0.1) is 0 Å². The highest BCUT2D eigenvalue weighted by Crippen LogP contribution is 2.30. The topological polar surface area (TPSA) is 60.2 Å². The molecule has 1 aliphatic heterocycles. The van der Waals surface area contributed by atoms with Gasteiger partial charge in [0.15, 0.2) is 0 Å². The van der Waals surface area contributed by atoms with Crippen LogP contribution in [0.15, 0.2) is 27.2 Å². The van der Waals surface area contributed by atoms with Crippen molar-refractivity contribution in [3.05, 3.63) is 28.6 Å². The molecule has 106 valence electrons. The summed E-state index contributed by atoms with van der Waals surface area (Å²) in [5, 5.41) is 7.44. The first kappa shape index (κ1) is 13.9. The van der Waals surface area contributed by atoms with Crippen molar-refractivity contribution in [1.29, 1.82) is 0 Å². The van der Waals surface area contributed by atoms with E-state index < -0.39 is 0 Å². The molecule has 0 aliphatic carbocycles. The molecule has 0 amide bonds. The third kappa shape index (κ3) is 2.84. The number of nitrogens with one attached hydrogen (secondary N) is 1. The molecule has 0 bridgehead atoms. The Morgan fingerprint density at radius 2 is 2.40 bits per heavy atom. The fourth-order valence-electron chi connectivity index (χ4n) is 2.02. The van der Waals surface area contributed by atoms with Gasteiger partial charge in [0.2, 0.25) is 11.7 Å². The van der Waals surface area contributed by atoms with E-state index in [0.29, 0.717) is 11.7 Å². The molecule has 1 aromatic heterocycles. The van der Waals surface area contributed by atoms with Crippen LogP contribution < -0.4 is 10.1 Å². The summed E-state index contributed by atoms with van der Waals surface area (Å²) in [5.74, 6) is 4.12. The molecule has 2 heterocycles. The highest BCUT2D eigenvalue weighted by atomic mass is 79.9. The number of methoxy groups -OCH3 is 1. The lowest BCUT2D eigenvalue weighted by Crippen LogP contribution is -2.30. The number of hydrogen-bond acceptors (Lipinski definition) is 6. The normalized spacial score (nSPS) is 19.0. The molecule has 2 aromatic rings. The van der Waals surface area contributed by atoms with Crippen molar-refractivity contribution >= 4 is 27.7 Å². The smallest absolute Gasteiger partial charge is 0.244 e. The van der Waals surface area contributed by atoms with Crippen LogP contribution in [0, 0.1) is 0 Å². The average Bonchev–Trinajstić information content (AvgIpc) is 2.98. The van der Waals surface area contributed by atoms with Crippen molar-refractivity contribution in [2.75, 3.05) is 25.2 Å². The summed E-state index contributed by atoms with van der Waals surface area (Å²) in [7, 11) is 1.64. The highest BCUT2D eigenvalue weighted by Gasteiger charge is 2.21. The van der Waals surface area contributed by atoms with Crippen molar-refractivity contribution < 1.29 is 9.26 Å². The van der Waals surface area contributed by atoms with Gasteiger partial charge in [0.25, 0.3) is 0 Å². The van der Waals surface area contributed by atoms with Gasteiger partial charge in [-0.1, -0.05) is 5.16 Å². The first-order valence-electron chi connectivity index (χ1n) is 6.26. The molecule has 7 heteroatoms. The molecule has 1 saturated heterocycles. The summed E-state index contributed by atoms with van der Waals surface area (Å²) in [6.45, 7) is 0.973. The summed E-state index contributed by atoms with van der Waals surface area (Å²) in [6, 6.07) is 5.87. The van der Waals surface area contributed by atoms with Crippen LogP contribution in [0.3, 0.4) is 0 Å². The molecule has 20 heavy (non-hydrogen) atoms. The summed E-state index contributed by atoms with van der Waals surface area (Å²) >= 11 is 5.36. The number of halogens is 1. The fraction of sp³-hybridized carbons (Fsp3) is 0.385. The Labute approximate surface area is 129 Å². The van der Waals surface area contributed by atoms with Gasteiger partial charge in [-0.05, 0) is 34.1 Å². The Balaban J connectivity index is 1.84. The van der Waals surface area contributed by atoms with Crippen LogP contribution in [-0.4, -0.2) is 35.3 Å². The number of thioether (sulfide) groups is 1. The Kier molecular flexibility index (Phi) is 4.28. The molecular formula is C13H14BrN3O2S. The number of nitrogens with zero attached hydrogens (tertiary/aromatic N) is 2.